The predicted molar refractivity (Wildman–Crippen MR) is 103 cm³/mol. The Bertz CT molecular complexity index is 811. The first-order valence-electron chi connectivity index (χ1n) is 10.1. The zero-order valence-electron chi connectivity index (χ0n) is 15.3. The molecule has 4 heteroatoms. The largest absolute Gasteiger partial charge is 0.337 e. The first-order valence-corrected chi connectivity index (χ1v) is 10.1. The summed E-state index contributed by atoms with van der Waals surface area (Å²) in [6.45, 7) is 4.25. The number of aromatic nitrogens is 1. The first kappa shape index (κ1) is 16.2. The zero-order valence-corrected chi connectivity index (χ0v) is 15.3. The Morgan fingerprint density at radius 3 is 2.85 bits per heavy atom. The SMILES string of the molecule is O=C(c1cccc2cnccc12)N1C[C@@H]2CC[C@H](C1)N(CC1CCC1)C2. The van der Waals surface area contributed by atoms with Crippen molar-refractivity contribution in [3.05, 3.63) is 42.2 Å². The highest BCUT2D eigenvalue weighted by atomic mass is 16.2. The highest BCUT2D eigenvalue weighted by Crippen LogP contribution is 2.33. The van der Waals surface area contributed by atoms with Crippen molar-refractivity contribution in [1.82, 2.24) is 14.8 Å². The predicted octanol–water partition coefficient (Wildman–Crippen LogP) is 3.57. The maximum atomic E-state index is 13.4. The number of pyridine rings is 1. The minimum absolute atomic E-state index is 0.198. The van der Waals surface area contributed by atoms with Gasteiger partial charge in [0.1, 0.15) is 0 Å². The van der Waals surface area contributed by atoms with E-state index in [1.165, 1.54) is 45.2 Å². The summed E-state index contributed by atoms with van der Waals surface area (Å²) in [5, 5.41) is 2.07. The summed E-state index contributed by atoms with van der Waals surface area (Å²) in [6, 6.07) is 8.51. The maximum Gasteiger partial charge on any atom is 0.254 e. The molecule has 2 aromatic rings. The van der Waals surface area contributed by atoms with E-state index in [0.29, 0.717) is 12.0 Å². The smallest absolute Gasteiger partial charge is 0.254 e. The molecule has 0 unspecified atom stereocenters. The molecule has 3 aliphatic heterocycles. The molecule has 4 nitrogen and oxygen atoms in total. The van der Waals surface area contributed by atoms with Crippen LogP contribution in [0.5, 0.6) is 0 Å². The van der Waals surface area contributed by atoms with Gasteiger partial charge in [-0.15, -0.1) is 0 Å². The van der Waals surface area contributed by atoms with Crippen molar-refractivity contribution < 1.29 is 4.79 Å². The lowest BCUT2D eigenvalue weighted by Crippen LogP contribution is -2.47. The van der Waals surface area contributed by atoms with Crippen LogP contribution in [-0.4, -0.2) is 52.9 Å². The lowest BCUT2D eigenvalue weighted by Gasteiger charge is -2.40. The minimum atomic E-state index is 0.198. The molecule has 2 atom stereocenters. The minimum Gasteiger partial charge on any atom is -0.337 e. The van der Waals surface area contributed by atoms with Crippen LogP contribution in [0.4, 0.5) is 0 Å². The molecule has 1 amide bonds. The Hall–Kier alpha value is -1.94. The standard InChI is InChI=1S/C22H27N3O/c26-22(21-6-2-5-18-11-23-10-9-20(18)21)25-14-17-7-8-19(15-25)24(13-17)12-16-3-1-4-16/h2,5-6,9-11,16-17,19H,1,3-4,7-8,12-15H2/t17-,19-/m1/s1. The van der Waals surface area contributed by atoms with Crippen LogP contribution in [0.1, 0.15) is 42.5 Å². The summed E-state index contributed by atoms with van der Waals surface area (Å²) in [7, 11) is 0. The lowest BCUT2D eigenvalue weighted by molar-refractivity contribution is 0.0719. The van der Waals surface area contributed by atoms with Crippen molar-refractivity contribution in [3.63, 3.8) is 0 Å². The second-order valence-corrected chi connectivity index (χ2v) is 8.46. The molecular weight excluding hydrogens is 322 g/mol. The Balaban J connectivity index is 1.39. The third-order valence-corrected chi connectivity index (χ3v) is 6.74. The number of rotatable bonds is 3. The van der Waals surface area contributed by atoms with E-state index in [9.17, 15) is 4.79 Å². The van der Waals surface area contributed by atoms with E-state index >= 15 is 0 Å². The second kappa shape index (κ2) is 6.66. The van der Waals surface area contributed by atoms with E-state index in [1.807, 2.05) is 30.5 Å². The van der Waals surface area contributed by atoms with Crippen molar-refractivity contribution in [1.29, 1.82) is 0 Å². The monoisotopic (exact) mass is 349 g/mol. The summed E-state index contributed by atoms with van der Waals surface area (Å²) in [5.41, 5.74) is 0.830. The van der Waals surface area contributed by atoms with E-state index in [1.54, 1.807) is 6.20 Å². The summed E-state index contributed by atoms with van der Waals surface area (Å²) in [5.74, 6) is 1.74. The zero-order chi connectivity index (χ0) is 17.5. The summed E-state index contributed by atoms with van der Waals surface area (Å²) >= 11 is 0. The Morgan fingerprint density at radius 1 is 1.08 bits per heavy atom. The molecule has 0 radical (unpaired) electrons. The molecule has 1 aliphatic carbocycles. The van der Waals surface area contributed by atoms with Crippen molar-refractivity contribution >= 4 is 16.7 Å². The number of hydrogen-bond donors (Lipinski definition) is 0. The number of amides is 1. The molecule has 3 saturated heterocycles. The van der Waals surface area contributed by atoms with Crippen LogP contribution >= 0.6 is 0 Å². The second-order valence-electron chi connectivity index (χ2n) is 8.46. The number of nitrogens with zero attached hydrogens (tertiary/aromatic N) is 3. The third-order valence-electron chi connectivity index (χ3n) is 6.74. The lowest BCUT2D eigenvalue weighted by atomic mass is 9.83. The molecule has 0 spiro atoms. The molecule has 0 N–H and O–H groups in total. The van der Waals surface area contributed by atoms with E-state index in [-0.39, 0.29) is 5.91 Å². The van der Waals surface area contributed by atoms with Gasteiger partial charge in [0.05, 0.1) is 0 Å². The number of piperidine rings is 1. The molecule has 136 valence electrons. The molecule has 4 fully saturated rings. The first-order chi connectivity index (χ1) is 12.8. The van der Waals surface area contributed by atoms with Crippen LogP contribution in [0.2, 0.25) is 0 Å². The van der Waals surface area contributed by atoms with Gasteiger partial charge in [-0.05, 0) is 55.0 Å². The summed E-state index contributed by atoms with van der Waals surface area (Å²) in [4.78, 5) is 22.4. The van der Waals surface area contributed by atoms with Gasteiger partial charge in [-0.3, -0.25) is 14.7 Å². The van der Waals surface area contributed by atoms with Crippen molar-refractivity contribution in [2.24, 2.45) is 11.8 Å². The third kappa shape index (κ3) is 2.90. The van der Waals surface area contributed by atoms with E-state index in [4.69, 9.17) is 0 Å². The van der Waals surface area contributed by atoms with Gasteiger partial charge in [0.15, 0.2) is 0 Å². The Kier molecular flexibility index (Phi) is 4.16. The molecule has 1 aromatic heterocycles. The molecule has 6 rings (SSSR count). The van der Waals surface area contributed by atoms with Gasteiger partial charge in [0.2, 0.25) is 0 Å². The fraction of sp³-hybridized carbons (Fsp3) is 0.545. The maximum absolute atomic E-state index is 13.4. The van der Waals surface area contributed by atoms with Gasteiger partial charge in [-0.2, -0.15) is 0 Å². The van der Waals surface area contributed by atoms with Crippen LogP contribution in [0.15, 0.2) is 36.7 Å². The van der Waals surface area contributed by atoms with Gasteiger partial charge in [0.25, 0.3) is 5.91 Å². The summed E-state index contributed by atoms with van der Waals surface area (Å²) in [6.07, 6.45) is 10.4. The number of fused-ring (bicyclic) bond motifs is 5. The number of hydrogen-bond acceptors (Lipinski definition) is 3. The molecule has 4 aliphatic rings. The van der Waals surface area contributed by atoms with Crippen molar-refractivity contribution in [2.75, 3.05) is 26.2 Å². The quantitative estimate of drug-likeness (QED) is 0.850. The van der Waals surface area contributed by atoms with Crippen molar-refractivity contribution in [2.45, 2.75) is 38.1 Å². The van der Waals surface area contributed by atoms with Gasteiger partial charge < -0.3 is 4.90 Å². The topological polar surface area (TPSA) is 36.4 Å². The normalized spacial score (nSPS) is 26.7. The Morgan fingerprint density at radius 2 is 2.00 bits per heavy atom. The van der Waals surface area contributed by atoms with Crippen molar-refractivity contribution in [3.8, 4) is 0 Å². The van der Waals surface area contributed by atoms with Crippen LogP contribution in [0.3, 0.4) is 0 Å². The number of carbonyl (C=O) groups excluding carboxylic acids is 1. The average molecular weight is 349 g/mol. The fourth-order valence-electron chi connectivity index (χ4n) is 5.05. The number of carbonyl (C=O) groups is 1. The number of benzene rings is 1. The molecule has 1 aromatic carbocycles. The van der Waals surface area contributed by atoms with Crippen LogP contribution in [0.25, 0.3) is 10.8 Å². The van der Waals surface area contributed by atoms with Gasteiger partial charge in [-0.1, -0.05) is 18.6 Å². The van der Waals surface area contributed by atoms with E-state index < -0.39 is 0 Å². The molecule has 4 heterocycles. The van der Waals surface area contributed by atoms with Crippen LogP contribution in [0, 0.1) is 11.8 Å². The average Bonchev–Trinajstić information content (AvgIpc) is 2.95. The van der Waals surface area contributed by atoms with E-state index in [0.717, 1.165) is 35.3 Å². The van der Waals surface area contributed by atoms with Crippen LogP contribution < -0.4 is 0 Å². The molecule has 1 saturated carbocycles. The van der Waals surface area contributed by atoms with E-state index in [2.05, 4.69) is 14.8 Å². The molecular formula is C22H27N3O. The molecule has 26 heavy (non-hydrogen) atoms. The van der Waals surface area contributed by atoms with Gasteiger partial charge in [0, 0.05) is 55.6 Å². The highest BCUT2D eigenvalue weighted by Gasteiger charge is 2.38. The summed E-state index contributed by atoms with van der Waals surface area (Å²) < 4.78 is 0. The van der Waals surface area contributed by atoms with Gasteiger partial charge >= 0.3 is 0 Å². The fourth-order valence-corrected chi connectivity index (χ4v) is 5.05. The highest BCUT2D eigenvalue weighted by molar-refractivity contribution is 6.06. The Labute approximate surface area is 155 Å². The van der Waals surface area contributed by atoms with Gasteiger partial charge in [-0.25, -0.2) is 0 Å². The molecule has 2 bridgehead atoms. The van der Waals surface area contributed by atoms with Crippen LogP contribution in [-0.2, 0) is 0 Å².